The fourth-order valence-corrected chi connectivity index (χ4v) is 4.80. The van der Waals surface area contributed by atoms with E-state index in [1.165, 1.54) is 6.92 Å². The number of aryl methyl sites for hydroxylation is 1. The van der Waals surface area contributed by atoms with E-state index in [2.05, 4.69) is 5.32 Å². The number of hydrogen-bond donors (Lipinski definition) is 1. The molecule has 0 unspecified atom stereocenters. The molecule has 3 amide bonds. The summed E-state index contributed by atoms with van der Waals surface area (Å²) in [7, 11) is 1.58. The molecule has 3 aromatic rings. The molecule has 1 saturated heterocycles. The third kappa shape index (κ3) is 5.66. The van der Waals surface area contributed by atoms with Gasteiger partial charge in [0.25, 0.3) is 5.91 Å². The van der Waals surface area contributed by atoms with Crippen LogP contribution in [0.25, 0.3) is 0 Å². The molecule has 0 bridgehead atoms. The number of amides is 3. The highest BCUT2D eigenvalue weighted by molar-refractivity contribution is 6.11. The Kier molecular flexibility index (Phi) is 7.92. The lowest BCUT2D eigenvalue weighted by Gasteiger charge is -2.47. The summed E-state index contributed by atoms with van der Waals surface area (Å²) in [5.41, 5.74) is 1.91. The smallest absolute Gasteiger partial charge is 0.259 e. The summed E-state index contributed by atoms with van der Waals surface area (Å²) in [6, 6.07) is 24.2. The van der Waals surface area contributed by atoms with Crippen molar-refractivity contribution in [2.75, 3.05) is 25.1 Å². The summed E-state index contributed by atoms with van der Waals surface area (Å²) in [5, 5.41) is 3.08. The molecule has 37 heavy (non-hydrogen) atoms. The van der Waals surface area contributed by atoms with E-state index in [0.717, 1.165) is 11.1 Å². The average Bonchev–Trinajstić information content (AvgIpc) is 2.93. The van der Waals surface area contributed by atoms with Gasteiger partial charge in [-0.2, -0.15) is 0 Å². The van der Waals surface area contributed by atoms with Crippen molar-refractivity contribution in [3.8, 4) is 5.75 Å². The van der Waals surface area contributed by atoms with Crippen LogP contribution < -0.4 is 15.0 Å². The van der Waals surface area contributed by atoms with Gasteiger partial charge in [0, 0.05) is 37.8 Å². The van der Waals surface area contributed by atoms with Gasteiger partial charge in [0.2, 0.25) is 11.8 Å². The number of carbonyl (C=O) groups is 3. The quantitative estimate of drug-likeness (QED) is 0.524. The van der Waals surface area contributed by atoms with Gasteiger partial charge in [0.1, 0.15) is 11.3 Å². The number of anilines is 1. The zero-order chi connectivity index (χ0) is 26.4. The normalized spacial score (nSPS) is 14.5. The maximum atomic E-state index is 14.1. The molecule has 1 N–H and O–H groups in total. The number of rotatable bonds is 7. The van der Waals surface area contributed by atoms with E-state index < -0.39 is 5.54 Å². The molecule has 192 valence electrons. The largest absolute Gasteiger partial charge is 0.497 e. The van der Waals surface area contributed by atoms with E-state index >= 15 is 0 Å². The average molecular weight is 500 g/mol. The molecule has 1 aliphatic rings. The van der Waals surface area contributed by atoms with Crippen LogP contribution in [0.4, 0.5) is 5.69 Å². The number of nitrogens with zero attached hydrogens (tertiary/aromatic N) is 2. The van der Waals surface area contributed by atoms with Crippen LogP contribution in [-0.2, 0) is 16.1 Å². The van der Waals surface area contributed by atoms with Crippen molar-refractivity contribution in [2.45, 2.75) is 38.8 Å². The lowest BCUT2D eigenvalue weighted by atomic mass is 9.83. The van der Waals surface area contributed by atoms with Crippen molar-refractivity contribution in [3.05, 3.63) is 95.6 Å². The molecule has 1 aliphatic heterocycles. The van der Waals surface area contributed by atoms with Crippen molar-refractivity contribution in [3.63, 3.8) is 0 Å². The third-order valence-electron chi connectivity index (χ3n) is 7.01. The Morgan fingerprint density at radius 1 is 0.919 bits per heavy atom. The second kappa shape index (κ2) is 11.3. The first kappa shape index (κ1) is 25.9. The predicted molar refractivity (Wildman–Crippen MR) is 143 cm³/mol. The third-order valence-corrected chi connectivity index (χ3v) is 7.01. The van der Waals surface area contributed by atoms with E-state index in [-0.39, 0.29) is 17.7 Å². The summed E-state index contributed by atoms with van der Waals surface area (Å²) in [6.45, 7) is 4.59. The highest BCUT2D eigenvalue weighted by Gasteiger charge is 2.49. The molecule has 0 atom stereocenters. The number of methoxy groups -OCH3 is 1. The standard InChI is InChI=1S/C30H33N3O4/c1-22-9-11-25(12-10-22)28(35)33(26-13-15-27(37-3)16-14-26)30(17-19-32(20-18-30)23(2)34)29(36)31-21-24-7-5-4-6-8-24/h4-16H,17-21H2,1-3H3,(H,31,36). The molecule has 0 radical (unpaired) electrons. The van der Waals surface area contributed by atoms with Crippen LogP contribution in [0, 0.1) is 6.92 Å². The summed E-state index contributed by atoms with van der Waals surface area (Å²) in [4.78, 5) is 43.7. The number of likely N-dealkylation sites (tertiary alicyclic amines) is 1. The second-order valence-electron chi connectivity index (χ2n) is 9.41. The topological polar surface area (TPSA) is 79.0 Å². The van der Waals surface area contributed by atoms with E-state index in [1.807, 2.05) is 49.4 Å². The van der Waals surface area contributed by atoms with Crippen molar-refractivity contribution in [2.24, 2.45) is 0 Å². The summed E-state index contributed by atoms with van der Waals surface area (Å²) in [6.07, 6.45) is 0.633. The molecule has 1 heterocycles. The van der Waals surface area contributed by atoms with E-state index in [1.54, 1.807) is 53.3 Å². The van der Waals surface area contributed by atoms with Crippen LogP contribution in [-0.4, -0.2) is 48.4 Å². The molecular weight excluding hydrogens is 466 g/mol. The van der Waals surface area contributed by atoms with Gasteiger partial charge in [0.05, 0.1) is 7.11 Å². The summed E-state index contributed by atoms with van der Waals surface area (Å²) >= 11 is 0. The maximum Gasteiger partial charge on any atom is 0.259 e. The number of ether oxygens (including phenoxy) is 1. The molecule has 0 saturated carbocycles. The Labute approximate surface area is 218 Å². The Bertz CT molecular complexity index is 1230. The fourth-order valence-electron chi connectivity index (χ4n) is 4.80. The van der Waals surface area contributed by atoms with Crippen molar-refractivity contribution in [1.82, 2.24) is 10.2 Å². The number of benzene rings is 3. The maximum absolute atomic E-state index is 14.1. The van der Waals surface area contributed by atoms with Crippen LogP contribution in [0.5, 0.6) is 5.75 Å². The van der Waals surface area contributed by atoms with Gasteiger partial charge in [0.15, 0.2) is 0 Å². The molecule has 0 spiro atoms. The minimum Gasteiger partial charge on any atom is -0.497 e. The van der Waals surface area contributed by atoms with Crippen LogP contribution >= 0.6 is 0 Å². The van der Waals surface area contributed by atoms with Gasteiger partial charge >= 0.3 is 0 Å². The van der Waals surface area contributed by atoms with Gasteiger partial charge in [-0.05, 0) is 61.7 Å². The SMILES string of the molecule is COc1ccc(N(C(=O)c2ccc(C)cc2)C2(C(=O)NCc3ccccc3)CCN(C(C)=O)CC2)cc1. The van der Waals surface area contributed by atoms with Crippen LogP contribution in [0.1, 0.15) is 41.3 Å². The second-order valence-corrected chi connectivity index (χ2v) is 9.41. The highest BCUT2D eigenvalue weighted by Crippen LogP contribution is 2.36. The van der Waals surface area contributed by atoms with Gasteiger partial charge in [-0.25, -0.2) is 0 Å². The molecular formula is C30H33N3O4. The number of hydrogen-bond acceptors (Lipinski definition) is 4. The first-order valence-electron chi connectivity index (χ1n) is 12.5. The van der Waals surface area contributed by atoms with Crippen LogP contribution in [0.15, 0.2) is 78.9 Å². The zero-order valence-electron chi connectivity index (χ0n) is 21.6. The highest BCUT2D eigenvalue weighted by atomic mass is 16.5. The van der Waals surface area contributed by atoms with Gasteiger partial charge in [-0.15, -0.1) is 0 Å². The van der Waals surface area contributed by atoms with Gasteiger partial charge < -0.3 is 15.0 Å². The summed E-state index contributed by atoms with van der Waals surface area (Å²) in [5.74, 6) is 0.103. The monoisotopic (exact) mass is 499 g/mol. The van der Waals surface area contributed by atoms with Crippen LogP contribution in [0.3, 0.4) is 0 Å². The molecule has 7 heteroatoms. The van der Waals surface area contributed by atoms with Gasteiger partial charge in [-0.1, -0.05) is 48.0 Å². The molecule has 1 fully saturated rings. The Hall–Kier alpha value is -4.13. The molecule has 3 aromatic carbocycles. The minimum absolute atomic E-state index is 0.0425. The number of carbonyl (C=O) groups excluding carboxylic acids is 3. The van der Waals surface area contributed by atoms with Crippen molar-refractivity contribution in [1.29, 1.82) is 0 Å². The minimum atomic E-state index is -1.18. The fraction of sp³-hybridized carbons (Fsp3) is 0.300. The van der Waals surface area contributed by atoms with Crippen molar-refractivity contribution >= 4 is 23.4 Å². The Morgan fingerprint density at radius 2 is 1.54 bits per heavy atom. The lowest BCUT2D eigenvalue weighted by Crippen LogP contribution is -2.65. The van der Waals surface area contributed by atoms with Crippen molar-refractivity contribution < 1.29 is 19.1 Å². The van der Waals surface area contributed by atoms with E-state index in [4.69, 9.17) is 4.74 Å². The summed E-state index contributed by atoms with van der Waals surface area (Å²) < 4.78 is 5.33. The lowest BCUT2D eigenvalue weighted by molar-refractivity contribution is -0.135. The van der Waals surface area contributed by atoms with E-state index in [9.17, 15) is 14.4 Å². The molecule has 0 aromatic heterocycles. The van der Waals surface area contributed by atoms with E-state index in [0.29, 0.717) is 49.5 Å². The first-order valence-corrected chi connectivity index (χ1v) is 12.5. The van der Waals surface area contributed by atoms with Crippen LogP contribution in [0.2, 0.25) is 0 Å². The zero-order valence-corrected chi connectivity index (χ0v) is 21.6. The van der Waals surface area contributed by atoms with Gasteiger partial charge in [-0.3, -0.25) is 19.3 Å². The molecule has 4 rings (SSSR count). The molecule has 0 aliphatic carbocycles. The Morgan fingerprint density at radius 3 is 2.11 bits per heavy atom. The first-order chi connectivity index (χ1) is 17.8. The Balaban J connectivity index is 1.77. The molecule has 7 nitrogen and oxygen atoms in total. The number of nitrogens with one attached hydrogen (secondary N) is 1. The predicted octanol–water partition coefficient (Wildman–Crippen LogP) is 4.35. The number of piperidine rings is 1.